The molecule has 0 radical (unpaired) electrons. The molecule has 7 heteroatoms. The van der Waals surface area contributed by atoms with Crippen LogP contribution in [0.4, 0.5) is 8.78 Å². The number of aromatic nitrogens is 2. The largest absolute Gasteiger partial charge is 0.449 e. The summed E-state index contributed by atoms with van der Waals surface area (Å²) in [7, 11) is 0. The maximum atomic E-state index is 13.1. The van der Waals surface area contributed by atoms with E-state index >= 15 is 0 Å². The van der Waals surface area contributed by atoms with Crippen LogP contribution in [0.3, 0.4) is 0 Å². The first-order chi connectivity index (χ1) is 12.5. The minimum absolute atomic E-state index is 0.108. The van der Waals surface area contributed by atoms with Crippen molar-refractivity contribution in [1.29, 1.82) is 0 Å². The molecule has 0 amide bonds. The molecule has 5 nitrogen and oxygen atoms in total. The number of halogens is 2. The van der Waals surface area contributed by atoms with Gasteiger partial charge < -0.3 is 9.15 Å². The SMILES string of the molecule is C[C@@H](OC(=O)/C=C/c1cccc(F)c1)c1nnc(-c2ccc(F)cc2)o1. The highest BCUT2D eigenvalue weighted by molar-refractivity contribution is 5.87. The van der Waals surface area contributed by atoms with Gasteiger partial charge in [-0.15, -0.1) is 10.2 Å². The Balaban J connectivity index is 1.63. The van der Waals surface area contributed by atoms with Crippen molar-refractivity contribution in [3.8, 4) is 11.5 Å². The highest BCUT2D eigenvalue weighted by Crippen LogP contribution is 2.22. The molecule has 0 saturated carbocycles. The Bertz CT molecular complexity index is 936. The molecule has 1 aromatic heterocycles. The molecule has 3 rings (SSSR count). The van der Waals surface area contributed by atoms with Gasteiger partial charge in [-0.3, -0.25) is 0 Å². The minimum Gasteiger partial charge on any atom is -0.449 e. The number of hydrogen-bond acceptors (Lipinski definition) is 5. The van der Waals surface area contributed by atoms with Crippen molar-refractivity contribution in [2.24, 2.45) is 0 Å². The topological polar surface area (TPSA) is 65.2 Å². The number of hydrogen-bond donors (Lipinski definition) is 0. The van der Waals surface area contributed by atoms with Gasteiger partial charge in [-0.1, -0.05) is 12.1 Å². The van der Waals surface area contributed by atoms with Gasteiger partial charge in [-0.2, -0.15) is 0 Å². The molecule has 0 aliphatic carbocycles. The lowest BCUT2D eigenvalue weighted by atomic mass is 10.2. The maximum absolute atomic E-state index is 13.1. The molecule has 0 unspecified atom stereocenters. The van der Waals surface area contributed by atoms with Gasteiger partial charge >= 0.3 is 5.97 Å². The van der Waals surface area contributed by atoms with E-state index < -0.39 is 17.9 Å². The van der Waals surface area contributed by atoms with Crippen LogP contribution in [0.1, 0.15) is 24.5 Å². The molecule has 2 aromatic carbocycles. The predicted octanol–water partition coefficient (Wildman–Crippen LogP) is 4.33. The second-order valence-electron chi connectivity index (χ2n) is 5.42. The summed E-state index contributed by atoms with van der Waals surface area (Å²) < 4.78 is 36.7. The van der Waals surface area contributed by atoms with Gasteiger partial charge in [-0.25, -0.2) is 13.6 Å². The molecule has 1 heterocycles. The Hall–Kier alpha value is -3.35. The lowest BCUT2D eigenvalue weighted by Gasteiger charge is -2.06. The summed E-state index contributed by atoms with van der Waals surface area (Å²) in [5.74, 6) is -1.10. The first kappa shape index (κ1) is 17.5. The van der Waals surface area contributed by atoms with Gasteiger partial charge in [0.15, 0.2) is 6.10 Å². The number of carbonyl (C=O) groups excluding carboxylic acids is 1. The van der Waals surface area contributed by atoms with Crippen molar-refractivity contribution < 1.29 is 22.7 Å². The quantitative estimate of drug-likeness (QED) is 0.503. The normalized spacial score (nSPS) is 12.3. The summed E-state index contributed by atoms with van der Waals surface area (Å²) in [5.41, 5.74) is 1.08. The van der Waals surface area contributed by atoms with E-state index in [4.69, 9.17) is 9.15 Å². The number of benzene rings is 2. The fourth-order valence-corrected chi connectivity index (χ4v) is 2.15. The fraction of sp³-hybridized carbons (Fsp3) is 0.105. The van der Waals surface area contributed by atoms with Crippen LogP contribution in [0.25, 0.3) is 17.5 Å². The van der Waals surface area contributed by atoms with Crippen LogP contribution in [0.5, 0.6) is 0 Å². The van der Waals surface area contributed by atoms with Crippen molar-refractivity contribution in [3.63, 3.8) is 0 Å². The van der Waals surface area contributed by atoms with Crippen LogP contribution in [0.15, 0.2) is 59.0 Å². The van der Waals surface area contributed by atoms with Gasteiger partial charge in [0.05, 0.1) is 0 Å². The van der Waals surface area contributed by atoms with E-state index in [-0.39, 0.29) is 17.6 Å². The Morgan fingerprint density at radius 1 is 1.12 bits per heavy atom. The first-order valence-corrected chi connectivity index (χ1v) is 7.75. The number of carbonyl (C=O) groups is 1. The first-order valence-electron chi connectivity index (χ1n) is 7.75. The molecular weight excluding hydrogens is 342 g/mol. The second kappa shape index (κ2) is 7.69. The van der Waals surface area contributed by atoms with Gasteiger partial charge in [0.2, 0.25) is 5.89 Å². The minimum atomic E-state index is -0.777. The number of nitrogens with zero attached hydrogens (tertiary/aromatic N) is 2. The highest BCUT2D eigenvalue weighted by atomic mass is 19.1. The Labute approximate surface area is 147 Å². The van der Waals surface area contributed by atoms with Crippen LogP contribution in [-0.2, 0) is 9.53 Å². The fourth-order valence-electron chi connectivity index (χ4n) is 2.15. The second-order valence-corrected chi connectivity index (χ2v) is 5.42. The van der Waals surface area contributed by atoms with Crippen LogP contribution in [0, 0.1) is 11.6 Å². The summed E-state index contributed by atoms with van der Waals surface area (Å²) in [6, 6.07) is 11.4. The maximum Gasteiger partial charge on any atom is 0.331 e. The lowest BCUT2D eigenvalue weighted by Crippen LogP contribution is -2.06. The molecule has 0 fully saturated rings. The Morgan fingerprint density at radius 2 is 1.88 bits per heavy atom. The van der Waals surface area contributed by atoms with Crippen molar-refractivity contribution in [2.45, 2.75) is 13.0 Å². The molecular formula is C19H14F2N2O3. The molecule has 0 saturated heterocycles. The average Bonchev–Trinajstić information content (AvgIpc) is 3.11. The molecule has 0 N–H and O–H groups in total. The van der Waals surface area contributed by atoms with E-state index in [1.165, 1.54) is 48.6 Å². The van der Waals surface area contributed by atoms with Crippen molar-refractivity contribution in [2.75, 3.05) is 0 Å². The van der Waals surface area contributed by atoms with Crippen LogP contribution < -0.4 is 0 Å². The van der Waals surface area contributed by atoms with Crippen molar-refractivity contribution in [1.82, 2.24) is 10.2 Å². The monoisotopic (exact) mass is 356 g/mol. The van der Waals surface area contributed by atoms with Gasteiger partial charge in [-0.05, 0) is 55.0 Å². The zero-order valence-electron chi connectivity index (χ0n) is 13.7. The Kier molecular flexibility index (Phi) is 5.17. The molecule has 132 valence electrons. The molecule has 0 bridgehead atoms. The van der Waals surface area contributed by atoms with E-state index in [1.807, 2.05) is 0 Å². The number of ether oxygens (including phenoxy) is 1. The standard InChI is InChI=1S/C19H14F2N2O3/c1-12(25-17(24)10-5-13-3-2-4-16(21)11-13)18-22-23-19(26-18)14-6-8-15(20)9-7-14/h2-12H,1H3/b10-5+/t12-/m1/s1. The van der Waals surface area contributed by atoms with Crippen molar-refractivity contribution >= 4 is 12.0 Å². The predicted molar refractivity (Wildman–Crippen MR) is 89.6 cm³/mol. The third kappa shape index (κ3) is 4.38. The van der Waals surface area contributed by atoms with Crippen LogP contribution >= 0.6 is 0 Å². The summed E-state index contributed by atoms with van der Waals surface area (Å²) in [6.07, 6.45) is 1.85. The van der Waals surface area contributed by atoms with E-state index in [0.29, 0.717) is 11.1 Å². The molecule has 1 atom stereocenters. The smallest absolute Gasteiger partial charge is 0.331 e. The lowest BCUT2D eigenvalue weighted by molar-refractivity contribution is -0.143. The molecule has 26 heavy (non-hydrogen) atoms. The average molecular weight is 356 g/mol. The summed E-state index contributed by atoms with van der Waals surface area (Å²) in [4.78, 5) is 11.9. The van der Waals surface area contributed by atoms with E-state index in [0.717, 1.165) is 0 Å². The van der Waals surface area contributed by atoms with Crippen LogP contribution in [-0.4, -0.2) is 16.2 Å². The zero-order valence-corrected chi connectivity index (χ0v) is 13.7. The van der Waals surface area contributed by atoms with Crippen molar-refractivity contribution in [3.05, 3.63) is 77.7 Å². The Morgan fingerprint density at radius 3 is 2.62 bits per heavy atom. The zero-order chi connectivity index (χ0) is 18.5. The third-order valence-corrected chi connectivity index (χ3v) is 3.43. The van der Waals surface area contributed by atoms with Gasteiger partial charge in [0, 0.05) is 11.6 Å². The van der Waals surface area contributed by atoms with Gasteiger partial charge in [0.1, 0.15) is 11.6 Å². The number of esters is 1. The highest BCUT2D eigenvalue weighted by Gasteiger charge is 2.18. The summed E-state index contributed by atoms with van der Waals surface area (Å²) in [5, 5.41) is 7.69. The van der Waals surface area contributed by atoms with E-state index in [2.05, 4.69) is 10.2 Å². The molecule has 0 aliphatic rings. The van der Waals surface area contributed by atoms with E-state index in [9.17, 15) is 13.6 Å². The third-order valence-electron chi connectivity index (χ3n) is 3.43. The molecule has 0 spiro atoms. The van der Waals surface area contributed by atoms with Crippen LogP contribution in [0.2, 0.25) is 0 Å². The summed E-state index contributed by atoms with van der Waals surface area (Å²) >= 11 is 0. The summed E-state index contributed by atoms with van der Waals surface area (Å²) in [6.45, 7) is 1.58. The molecule has 0 aliphatic heterocycles. The number of rotatable bonds is 5. The molecule has 3 aromatic rings. The van der Waals surface area contributed by atoms with Gasteiger partial charge in [0.25, 0.3) is 5.89 Å². The van der Waals surface area contributed by atoms with E-state index in [1.54, 1.807) is 19.1 Å².